The summed E-state index contributed by atoms with van der Waals surface area (Å²) in [6.07, 6.45) is -4.52. The topological polar surface area (TPSA) is 143 Å². The molecule has 1 heterocycles. The molecule has 0 aliphatic rings. The lowest BCUT2D eigenvalue weighted by atomic mass is 10.1. The second kappa shape index (κ2) is 9.46. The first-order valence-electron chi connectivity index (χ1n) is 10.3. The molecule has 0 atom stereocenters. The maximum absolute atomic E-state index is 12.8. The fraction of sp³-hybridized carbons (Fsp3) is 0.0870. The maximum atomic E-state index is 12.8. The van der Waals surface area contributed by atoms with E-state index in [2.05, 4.69) is 10.3 Å². The number of carbonyl (C=O) groups is 1. The first-order chi connectivity index (χ1) is 17.4. The van der Waals surface area contributed by atoms with Crippen LogP contribution in [0.5, 0.6) is 5.75 Å². The average molecular weight is 534 g/mol. The molecule has 0 radical (unpaired) electrons. The van der Waals surface area contributed by atoms with E-state index in [-0.39, 0.29) is 32.9 Å². The van der Waals surface area contributed by atoms with Gasteiger partial charge in [-0.15, -0.1) is 0 Å². The summed E-state index contributed by atoms with van der Waals surface area (Å²) in [5.74, 6) is -0.678. The highest BCUT2D eigenvalue weighted by Crippen LogP contribution is 2.35. The van der Waals surface area contributed by atoms with Gasteiger partial charge in [-0.2, -0.15) is 13.2 Å². The van der Waals surface area contributed by atoms with Crippen molar-refractivity contribution in [2.45, 2.75) is 11.1 Å². The summed E-state index contributed by atoms with van der Waals surface area (Å²) in [6, 6.07) is 13.0. The van der Waals surface area contributed by atoms with E-state index >= 15 is 0 Å². The zero-order valence-corrected chi connectivity index (χ0v) is 19.6. The minimum absolute atomic E-state index is 0.0890. The van der Waals surface area contributed by atoms with Crippen molar-refractivity contribution in [3.8, 4) is 5.75 Å². The highest BCUT2D eigenvalue weighted by molar-refractivity contribution is 7.90. The van der Waals surface area contributed by atoms with Gasteiger partial charge in [0.15, 0.2) is 0 Å². The summed E-state index contributed by atoms with van der Waals surface area (Å²) in [5.41, 5.74) is -1.16. The summed E-state index contributed by atoms with van der Waals surface area (Å²) in [5, 5.41) is 14.5. The number of methoxy groups -OCH3 is 1. The molecule has 1 aromatic heterocycles. The molecule has 10 nitrogen and oxygen atoms in total. The maximum Gasteiger partial charge on any atom is 0.416 e. The van der Waals surface area contributed by atoms with Crippen molar-refractivity contribution < 1.29 is 36.0 Å². The fourth-order valence-corrected chi connectivity index (χ4v) is 4.44. The molecule has 1 amide bonds. The third-order valence-corrected chi connectivity index (χ3v) is 6.65. The van der Waals surface area contributed by atoms with Gasteiger partial charge in [0.2, 0.25) is 0 Å². The molecule has 14 heteroatoms. The number of anilines is 2. The van der Waals surface area contributed by atoms with Crippen LogP contribution in [0, 0.1) is 10.1 Å². The molecular formula is C23H17F3N4O6S. The van der Waals surface area contributed by atoms with E-state index in [1.54, 1.807) is 0 Å². The number of aromatic nitrogens is 1. The predicted octanol–water partition coefficient (Wildman–Crippen LogP) is 4.97. The third-order valence-electron chi connectivity index (χ3n) is 5.30. The Hall–Kier alpha value is -4.59. The molecule has 0 unspecified atom stereocenters. The van der Waals surface area contributed by atoms with Gasteiger partial charge in [0.05, 0.1) is 22.5 Å². The third kappa shape index (κ3) is 5.33. The van der Waals surface area contributed by atoms with E-state index in [4.69, 9.17) is 4.74 Å². The lowest BCUT2D eigenvalue weighted by molar-refractivity contribution is -0.383. The number of hydrogen-bond acceptors (Lipinski definition) is 7. The number of alkyl halides is 3. The van der Waals surface area contributed by atoms with Crippen LogP contribution < -0.4 is 14.8 Å². The normalized spacial score (nSPS) is 11.8. The first kappa shape index (κ1) is 25.5. The Morgan fingerprint density at radius 3 is 2.24 bits per heavy atom. The second-order valence-corrected chi connectivity index (χ2v) is 9.35. The van der Waals surface area contributed by atoms with Crippen molar-refractivity contribution in [2.75, 3.05) is 12.4 Å². The van der Waals surface area contributed by atoms with E-state index in [1.807, 2.05) is 4.72 Å². The number of amides is 1. The van der Waals surface area contributed by atoms with Gasteiger partial charge in [0.25, 0.3) is 21.6 Å². The summed E-state index contributed by atoms with van der Waals surface area (Å²) in [7, 11) is -2.88. The number of carbonyl (C=O) groups excluding carboxylic acids is 1. The van der Waals surface area contributed by atoms with Gasteiger partial charge in [0, 0.05) is 22.8 Å². The monoisotopic (exact) mass is 534 g/mol. The molecule has 4 rings (SSSR count). The summed E-state index contributed by atoms with van der Waals surface area (Å²) >= 11 is 0. The van der Waals surface area contributed by atoms with Crippen LogP contribution in [0.3, 0.4) is 0 Å². The Labute approximate surface area is 207 Å². The Bertz CT molecular complexity index is 1600. The van der Waals surface area contributed by atoms with E-state index < -0.39 is 38.3 Å². The summed E-state index contributed by atoms with van der Waals surface area (Å²) < 4.78 is 70.6. The number of halogens is 3. The van der Waals surface area contributed by atoms with Gasteiger partial charge in [0.1, 0.15) is 17.0 Å². The van der Waals surface area contributed by atoms with Gasteiger partial charge < -0.3 is 15.0 Å². The highest BCUT2D eigenvalue weighted by atomic mass is 32.2. The minimum atomic E-state index is -4.52. The largest absolute Gasteiger partial charge is 0.497 e. The molecule has 192 valence electrons. The van der Waals surface area contributed by atoms with Crippen LogP contribution in [0.2, 0.25) is 0 Å². The number of nitrogens with one attached hydrogen (secondary N) is 3. The van der Waals surface area contributed by atoms with E-state index in [0.29, 0.717) is 5.75 Å². The van der Waals surface area contributed by atoms with E-state index in [1.165, 1.54) is 55.6 Å². The number of hydrogen-bond donors (Lipinski definition) is 3. The minimum Gasteiger partial charge on any atom is -0.497 e. The molecule has 3 N–H and O–H groups in total. The molecule has 0 fully saturated rings. The van der Waals surface area contributed by atoms with Crippen molar-refractivity contribution in [3.63, 3.8) is 0 Å². The van der Waals surface area contributed by atoms with Gasteiger partial charge in [-0.3, -0.25) is 14.9 Å². The molecule has 0 spiro atoms. The number of aromatic amines is 1. The van der Waals surface area contributed by atoms with Crippen molar-refractivity contribution in [3.05, 3.63) is 88.1 Å². The molecule has 0 bridgehead atoms. The van der Waals surface area contributed by atoms with Crippen molar-refractivity contribution in [1.82, 2.24) is 9.71 Å². The smallest absolute Gasteiger partial charge is 0.416 e. The zero-order valence-electron chi connectivity index (χ0n) is 18.8. The number of H-pyrrole nitrogens is 1. The van der Waals surface area contributed by atoms with E-state index in [0.717, 1.165) is 18.2 Å². The van der Waals surface area contributed by atoms with Crippen LogP contribution in [0.25, 0.3) is 10.9 Å². The molecule has 0 saturated carbocycles. The van der Waals surface area contributed by atoms with Crippen LogP contribution >= 0.6 is 0 Å². The molecule has 0 aliphatic carbocycles. The molecule has 4 aromatic rings. The second-order valence-electron chi connectivity index (χ2n) is 7.67. The van der Waals surface area contributed by atoms with Crippen LogP contribution in [0.1, 0.15) is 16.1 Å². The SMILES string of the molecule is COc1ccc(S(=O)(=O)NC(=O)c2cc3c(Nc4ccc(C(F)(F)F)cc4)ccc([N+](=O)[O-])c3[nH]2)cc1. The first-order valence-corrected chi connectivity index (χ1v) is 11.8. The molecule has 0 saturated heterocycles. The van der Waals surface area contributed by atoms with Crippen LogP contribution in [-0.4, -0.2) is 31.3 Å². The standard InChI is InChI=1S/C23H17F3N4O6S/c1-36-15-6-8-16(9-7-15)37(34,35)29-22(31)19-12-17-18(10-11-20(30(32)33)21(17)28-19)27-14-4-2-13(3-5-14)23(24,25)26/h2-12,27-28H,1H3,(H,29,31). The van der Waals surface area contributed by atoms with Gasteiger partial charge in [-0.05, 0) is 60.7 Å². The van der Waals surface area contributed by atoms with Crippen LogP contribution in [0.15, 0.2) is 71.6 Å². The number of fused-ring (bicyclic) bond motifs is 1. The number of nitro groups is 1. The number of nitrogens with zero attached hydrogens (tertiary/aromatic N) is 1. The Morgan fingerprint density at radius 2 is 1.68 bits per heavy atom. The van der Waals surface area contributed by atoms with Gasteiger partial charge in [-0.25, -0.2) is 13.1 Å². The van der Waals surface area contributed by atoms with Crippen LogP contribution in [-0.2, 0) is 16.2 Å². The number of nitro benzene ring substituents is 1. The van der Waals surface area contributed by atoms with Gasteiger partial charge >= 0.3 is 6.18 Å². The Balaban J connectivity index is 1.67. The number of non-ortho nitro benzene ring substituents is 1. The number of benzene rings is 3. The predicted molar refractivity (Wildman–Crippen MR) is 127 cm³/mol. The summed E-state index contributed by atoms with van der Waals surface area (Å²) in [4.78, 5) is 25.9. The Kier molecular flexibility index (Phi) is 6.52. The van der Waals surface area contributed by atoms with Crippen molar-refractivity contribution in [1.29, 1.82) is 0 Å². The van der Waals surface area contributed by atoms with E-state index in [9.17, 15) is 36.5 Å². The lowest BCUT2D eigenvalue weighted by Crippen LogP contribution is -2.30. The zero-order chi connectivity index (χ0) is 27.0. The average Bonchev–Trinajstić information content (AvgIpc) is 3.30. The Morgan fingerprint density at radius 1 is 1.03 bits per heavy atom. The number of sulfonamides is 1. The molecule has 3 aromatic carbocycles. The summed E-state index contributed by atoms with van der Waals surface area (Å²) in [6.45, 7) is 0. The quantitative estimate of drug-likeness (QED) is 0.224. The van der Waals surface area contributed by atoms with Gasteiger partial charge in [-0.1, -0.05) is 0 Å². The number of ether oxygens (including phenoxy) is 1. The van der Waals surface area contributed by atoms with Crippen molar-refractivity contribution >= 4 is 43.9 Å². The highest BCUT2D eigenvalue weighted by Gasteiger charge is 2.30. The molecule has 37 heavy (non-hydrogen) atoms. The fourth-order valence-electron chi connectivity index (χ4n) is 3.48. The van der Waals surface area contributed by atoms with Crippen LogP contribution in [0.4, 0.5) is 30.2 Å². The van der Waals surface area contributed by atoms with Crippen molar-refractivity contribution in [2.24, 2.45) is 0 Å². The lowest BCUT2D eigenvalue weighted by Gasteiger charge is -2.10. The molecular weight excluding hydrogens is 517 g/mol. The number of rotatable bonds is 7. The molecule has 0 aliphatic heterocycles.